The van der Waals surface area contributed by atoms with Gasteiger partial charge in [0.2, 0.25) is 11.8 Å². The first-order valence-electron chi connectivity index (χ1n) is 12.6. The second kappa shape index (κ2) is 10.9. The normalized spacial score (nSPS) is 23.6. The van der Waals surface area contributed by atoms with Gasteiger partial charge in [-0.1, -0.05) is 6.07 Å². The molecule has 1 aromatic carbocycles. The molecule has 1 atom stereocenters. The number of amides is 2. The van der Waals surface area contributed by atoms with Crippen LogP contribution in [0.15, 0.2) is 29.4 Å². The topological polar surface area (TPSA) is 100 Å². The second-order valence-corrected chi connectivity index (χ2v) is 9.87. The first-order valence-corrected chi connectivity index (χ1v) is 12.6. The summed E-state index contributed by atoms with van der Waals surface area (Å²) in [6, 6.07) is 5.40. The largest absolute Gasteiger partial charge is 0.446 e. The summed E-state index contributed by atoms with van der Waals surface area (Å²) in [7, 11) is 0. The molecule has 2 amide bonds. The first-order chi connectivity index (χ1) is 17.2. The number of anilines is 2. The number of rotatable bonds is 4. The Morgan fingerprint density at radius 3 is 2.50 bits per heavy atom. The summed E-state index contributed by atoms with van der Waals surface area (Å²) in [6.07, 6.45) is 3.67. The molecule has 36 heavy (non-hydrogen) atoms. The number of carbonyl (C=O) groups excluding carboxylic acids is 2. The number of halogens is 2. The molecule has 1 aromatic rings. The number of ether oxygens (including phenoxy) is 1. The maximum Gasteiger partial charge on any atom is 0.414 e. The van der Waals surface area contributed by atoms with E-state index < -0.39 is 18.1 Å². The highest BCUT2D eigenvalue weighted by Crippen LogP contribution is 2.39. The highest BCUT2D eigenvalue weighted by Gasteiger charge is 2.39. The maximum absolute atomic E-state index is 13.6. The zero-order chi connectivity index (χ0) is 25.9. The van der Waals surface area contributed by atoms with Crippen LogP contribution in [0, 0.1) is 0 Å². The number of benzene rings is 1. The Bertz CT molecular complexity index is 1030. The molecule has 1 aliphatic carbocycles. The molecule has 1 saturated heterocycles. The Morgan fingerprint density at radius 2 is 1.86 bits per heavy atom. The molecule has 3 aliphatic rings. The average Bonchev–Trinajstić information content (AvgIpc) is 2.85. The van der Waals surface area contributed by atoms with Gasteiger partial charge in [-0.2, -0.15) is 0 Å². The number of alkyl halides is 2. The lowest BCUT2D eigenvalue weighted by Crippen LogP contribution is -2.52. The van der Waals surface area contributed by atoms with Gasteiger partial charge in [-0.25, -0.2) is 13.6 Å². The smallest absolute Gasteiger partial charge is 0.414 e. The lowest BCUT2D eigenvalue weighted by Gasteiger charge is -2.41. The monoisotopic (exact) mass is 503 g/mol. The zero-order valence-electron chi connectivity index (χ0n) is 20.9. The van der Waals surface area contributed by atoms with E-state index in [9.17, 15) is 18.4 Å². The third kappa shape index (κ3) is 5.86. The van der Waals surface area contributed by atoms with Gasteiger partial charge >= 0.3 is 6.09 Å². The van der Waals surface area contributed by atoms with Crippen LogP contribution in [0.2, 0.25) is 0 Å². The van der Waals surface area contributed by atoms with E-state index in [4.69, 9.17) is 15.5 Å². The van der Waals surface area contributed by atoms with Crippen LogP contribution in [-0.4, -0.2) is 62.0 Å². The maximum atomic E-state index is 13.6. The van der Waals surface area contributed by atoms with Crippen molar-refractivity contribution in [1.82, 2.24) is 5.32 Å². The molecule has 2 heterocycles. The lowest BCUT2D eigenvalue weighted by atomic mass is 9.94. The van der Waals surface area contributed by atoms with Crippen molar-refractivity contribution < 1.29 is 23.1 Å². The highest BCUT2D eigenvalue weighted by atomic mass is 19.3. The summed E-state index contributed by atoms with van der Waals surface area (Å²) >= 11 is 0. The molecular weight excluding hydrogens is 468 g/mol. The van der Waals surface area contributed by atoms with E-state index in [0.717, 1.165) is 31.5 Å². The van der Waals surface area contributed by atoms with Gasteiger partial charge in [0, 0.05) is 44.3 Å². The Hall–Kier alpha value is -3.01. The quantitative estimate of drug-likeness (QED) is 0.603. The SMILES string of the molecule is CC(=O)N1c2ccc(/C(C=NC3CCNCC3)=C/N)cc2N(C(=O)OC2CCC(F)(F)CC2)C[C@@H]1C. The highest BCUT2D eigenvalue weighted by molar-refractivity contribution is 6.11. The molecule has 0 bridgehead atoms. The van der Waals surface area contributed by atoms with Crippen molar-refractivity contribution in [3.8, 4) is 0 Å². The minimum Gasteiger partial charge on any atom is -0.446 e. The van der Waals surface area contributed by atoms with Crippen LogP contribution in [0.5, 0.6) is 0 Å². The summed E-state index contributed by atoms with van der Waals surface area (Å²) in [6.45, 7) is 5.43. The first kappa shape index (κ1) is 26.1. The van der Waals surface area contributed by atoms with Gasteiger partial charge < -0.3 is 20.7 Å². The lowest BCUT2D eigenvalue weighted by molar-refractivity contribution is -0.117. The van der Waals surface area contributed by atoms with Gasteiger partial charge in [0.05, 0.1) is 23.5 Å². The summed E-state index contributed by atoms with van der Waals surface area (Å²) in [5.74, 6) is -2.84. The molecule has 0 unspecified atom stereocenters. The van der Waals surface area contributed by atoms with Gasteiger partial charge in [0.15, 0.2) is 0 Å². The summed E-state index contributed by atoms with van der Waals surface area (Å²) in [4.78, 5) is 33.5. The van der Waals surface area contributed by atoms with Gasteiger partial charge in [0.1, 0.15) is 6.10 Å². The predicted octanol–water partition coefficient (Wildman–Crippen LogP) is 4.08. The van der Waals surface area contributed by atoms with Crippen molar-refractivity contribution in [2.75, 3.05) is 29.4 Å². The molecule has 10 heteroatoms. The van der Waals surface area contributed by atoms with Crippen molar-refractivity contribution in [3.05, 3.63) is 30.0 Å². The molecule has 2 aliphatic heterocycles. The molecule has 2 fully saturated rings. The van der Waals surface area contributed by atoms with Crippen molar-refractivity contribution in [3.63, 3.8) is 0 Å². The number of piperidine rings is 1. The minimum absolute atomic E-state index is 0.127. The molecular formula is C26H35F2N5O3. The fourth-order valence-corrected chi connectivity index (χ4v) is 5.15. The van der Waals surface area contributed by atoms with Gasteiger partial charge in [-0.05, 0) is 63.4 Å². The second-order valence-electron chi connectivity index (χ2n) is 9.87. The number of carbonyl (C=O) groups is 2. The fraction of sp³-hybridized carbons (Fsp3) is 0.577. The van der Waals surface area contributed by atoms with Gasteiger partial charge in [-0.3, -0.25) is 14.7 Å². The molecule has 3 N–H and O–H groups in total. The van der Waals surface area contributed by atoms with Crippen LogP contribution >= 0.6 is 0 Å². The Balaban J connectivity index is 1.60. The standard InChI is InChI=1S/C26H35F2N5O3/c1-17-16-32(25(35)36-22-5-9-26(27,28)10-6-22)24-13-19(3-4-23(24)33(17)18(2)34)20(14-29)15-31-21-7-11-30-12-8-21/h3-4,13-15,17,21-22,30H,5-12,16,29H2,1-2H3/b20-14+,31-15?/t17-/m0/s1. The number of nitrogens with two attached hydrogens (primary N) is 1. The van der Waals surface area contributed by atoms with Gasteiger partial charge in [0.25, 0.3) is 0 Å². The van der Waals surface area contributed by atoms with Gasteiger partial charge in [-0.15, -0.1) is 0 Å². The summed E-state index contributed by atoms with van der Waals surface area (Å²) in [5.41, 5.74) is 8.49. The summed E-state index contributed by atoms with van der Waals surface area (Å²) < 4.78 is 32.8. The van der Waals surface area contributed by atoms with E-state index >= 15 is 0 Å². The molecule has 8 nitrogen and oxygen atoms in total. The summed E-state index contributed by atoms with van der Waals surface area (Å²) in [5, 5.41) is 3.32. The molecule has 4 rings (SSSR count). The van der Waals surface area contributed by atoms with Crippen molar-refractivity contribution in [1.29, 1.82) is 0 Å². The van der Waals surface area contributed by atoms with Crippen LogP contribution in [0.1, 0.15) is 57.9 Å². The average molecular weight is 504 g/mol. The number of nitrogens with one attached hydrogen (secondary N) is 1. The number of hydrogen-bond acceptors (Lipinski definition) is 6. The number of fused-ring (bicyclic) bond motifs is 1. The van der Waals surface area contributed by atoms with Crippen molar-refractivity contribution in [2.24, 2.45) is 10.7 Å². The van der Waals surface area contributed by atoms with E-state index in [1.165, 1.54) is 18.0 Å². The van der Waals surface area contributed by atoms with E-state index in [0.29, 0.717) is 16.9 Å². The minimum atomic E-state index is -2.70. The number of aliphatic imine (C=N–C) groups is 1. The molecule has 0 aromatic heterocycles. The third-order valence-electron chi connectivity index (χ3n) is 7.15. The van der Waals surface area contributed by atoms with Crippen molar-refractivity contribution in [2.45, 2.75) is 76.5 Å². The number of hydrogen-bond donors (Lipinski definition) is 2. The number of nitrogens with zero attached hydrogens (tertiary/aromatic N) is 3. The number of allylic oxidation sites excluding steroid dienone is 1. The fourth-order valence-electron chi connectivity index (χ4n) is 5.15. The Kier molecular flexibility index (Phi) is 7.92. The molecule has 196 valence electrons. The zero-order valence-corrected chi connectivity index (χ0v) is 20.9. The molecule has 1 saturated carbocycles. The predicted molar refractivity (Wildman–Crippen MR) is 137 cm³/mol. The van der Waals surface area contributed by atoms with Crippen LogP contribution in [0.3, 0.4) is 0 Å². The third-order valence-corrected chi connectivity index (χ3v) is 7.15. The molecule has 0 spiro atoms. The van der Waals surface area contributed by atoms with Crippen LogP contribution in [-0.2, 0) is 9.53 Å². The Morgan fingerprint density at radius 1 is 1.17 bits per heavy atom. The van der Waals surface area contributed by atoms with Crippen LogP contribution in [0.25, 0.3) is 5.57 Å². The van der Waals surface area contributed by atoms with E-state index in [-0.39, 0.29) is 50.2 Å². The Labute approximate surface area is 210 Å². The van der Waals surface area contributed by atoms with Crippen LogP contribution in [0.4, 0.5) is 25.0 Å². The van der Waals surface area contributed by atoms with E-state index in [1.54, 1.807) is 23.2 Å². The van der Waals surface area contributed by atoms with Crippen LogP contribution < -0.4 is 20.9 Å². The van der Waals surface area contributed by atoms with E-state index in [1.807, 2.05) is 13.0 Å². The molecule has 0 radical (unpaired) electrons. The van der Waals surface area contributed by atoms with Crippen molar-refractivity contribution >= 4 is 35.2 Å². The van der Waals surface area contributed by atoms with E-state index in [2.05, 4.69) is 5.32 Å².